The van der Waals surface area contributed by atoms with Gasteiger partial charge in [0.2, 0.25) is 0 Å². The van der Waals surface area contributed by atoms with Crippen molar-refractivity contribution in [2.24, 2.45) is 0 Å². The van der Waals surface area contributed by atoms with Crippen LogP contribution in [-0.2, 0) is 4.74 Å². The van der Waals surface area contributed by atoms with Gasteiger partial charge in [-0.05, 0) is 28.9 Å². The Morgan fingerprint density at radius 1 is 1.40 bits per heavy atom. The lowest BCUT2D eigenvalue weighted by Crippen LogP contribution is -2.03. The Kier molecular flexibility index (Phi) is 4.34. The van der Waals surface area contributed by atoms with Crippen LogP contribution in [0.15, 0.2) is 16.6 Å². The molecule has 2 aromatic rings. The average Bonchev–Trinajstić information content (AvgIpc) is 2.76. The zero-order chi connectivity index (χ0) is 14.9. The van der Waals surface area contributed by atoms with Crippen molar-refractivity contribution in [3.05, 3.63) is 38.8 Å². The second-order valence-corrected chi connectivity index (χ2v) is 5.84. The molecule has 1 N–H and O–H groups in total. The molecule has 0 aliphatic carbocycles. The van der Waals surface area contributed by atoms with Crippen LogP contribution in [0, 0.1) is 18.6 Å². The molecule has 0 unspecified atom stereocenters. The fourth-order valence-electron chi connectivity index (χ4n) is 1.47. The Labute approximate surface area is 125 Å². The number of thiazole rings is 1. The SMILES string of the molecule is COC(=O)c1nc(Nc2cc(Br)c(F)cc2F)sc1C. The third-order valence-electron chi connectivity index (χ3n) is 2.43. The standard InChI is InChI=1S/C12H9BrF2N2O2S/c1-5-10(11(18)19-2)17-12(20-5)16-9-3-6(13)7(14)4-8(9)15/h3-4H,1-2H3,(H,16,17). The molecule has 0 saturated carbocycles. The van der Waals surface area contributed by atoms with Crippen LogP contribution >= 0.6 is 27.3 Å². The van der Waals surface area contributed by atoms with Crippen LogP contribution in [0.3, 0.4) is 0 Å². The van der Waals surface area contributed by atoms with Crippen LogP contribution in [0.4, 0.5) is 19.6 Å². The zero-order valence-electron chi connectivity index (χ0n) is 10.5. The maximum Gasteiger partial charge on any atom is 0.357 e. The van der Waals surface area contributed by atoms with E-state index < -0.39 is 17.6 Å². The molecule has 1 aromatic carbocycles. The van der Waals surface area contributed by atoms with Crippen LogP contribution in [-0.4, -0.2) is 18.1 Å². The highest BCUT2D eigenvalue weighted by Crippen LogP contribution is 2.29. The Balaban J connectivity index is 2.31. The van der Waals surface area contributed by atoms with Crippen molar-refractivity contribution in [2.75, 3.05) is 12.4 Å². The van der Waals surface area contributed by atoms with E-state index in [-0.39, 0.29) is 15.9 Å². The Hall–Kier alpha value is -1.54. The molecule has 2 rings (SSSR count). The third kappa shape index (κ3) is 2.96. The smallest absolute Gasteiger partial charge is 0.357 e. The first kappa shape index (κ1) is 14.9. The van der Waals surface area contributed by atoms with Gasteiger partial charge in [-0.3, -0.25) is 0 Å². The summed E-state index contributed by atoms with van der Waals surface area (Å²) >= 11 is 4.15. The van der Waals surface area contributed by atoms with E-state index in [4.69, 9.17) is 0 Å². The number of rotatable bonds is 3. The van der Waals surface area contributed by atoms with E-state index in [1.165, 1.54) is 24.5 Å². The molecular weight excluding hydrogens is 354 g/mol. The number of aryl methyl sites for hydroxylation is 1. The Bertz CT molecular complexity index is 676. The highest BCUT2D eigenvalue weighted by molar-refractivity contribution is 9.10. The first-order chi connectivity index (χ1) is 9.42. The van der Waals surface area contributed by atoms with Gasteiger partial charge in [0.1, 0.15) is 11.6 Å². The second kappa shape index (κ2) is 5.84. The van der Waals surface area contributed by atoms with Gasteiger partial charge in [-0.2, -0.15) is 0 Å². The molecule has 0 aliphatic rings. The third-order valence-corrected chi connectivity index (χ3v) is 3.92. The lowest BCUT2D eigenvalue weighted by atomic mass is 10.3. The number of carbonyl (C=O) groups is 1. The van der Waals surface area contributed by atoms with Gasteiger partial charge in [0, 0.05) is 10.9 Å². The van der Waals surface area contributed by atoms with Gasteiger partial charge >= 0.3 is 5.97 Å². The number of benzene rings is 1. The van der Waals surface area contributed by atoms with Gasteiger partial charge in [-0.25, -0.2) is 18.6 Å². The molecule has 1 aromatic heterocycles. The first-order valence-corrected chi connectivity index (χ1v) is 7.00. The van der Waals surface area contributed by atoms with Crippen molar-refractivity contribution in [1.29, 1.82) is 0 Å². The summed E-state index contributed by atoms with van der Waals surface area (Å²) in [5, 5.41) is 3.03. The maximum absolute atomic E-state index is 13.6. The molecule has 0 fully saturated rings. The molecular formula is C12H9BrF2N2O2S. The van der Waals surface area contributed by atoms with E-state index in [1.54, 1.807) is 6.92 Å². The van der Waals surface area contributed by atoms with Gasteiger partial charge in [0.25, 0.3) is 0 Å². The summed E-state index contributed by atoms with van der Waals surface area (Å²) in [6, 6.07) is 2.02. The topological polar surface area (TPSA) is 51.2 Å². The molecule has 0 radical (unpaired) electrons. The number of hydrogen-bond donors (Lipinski definition) is 1. The lowest BCUT2D eigenvalue weighted by Gasteiger charge is -2.05. The van der Waals surface area contributed by atoms with Gasteiger partial charge in [-0.1, -0.05) is 0 Å². The number of methoxy groups -OCH3 is 1. The fourth-order valence-corrected chi connectivity index (χ4v) is 2.63. The fraction of sp³-hybridized carbons (Fsp3) is 0.167. The summed E-state index contributed by atoms with van der Waals surface area (Å²) in [5.41, 5.74) is 0.227. The van der Waals surface area contributed by atoms with Crippen LogP contribution in [0.25, 0.3) is 0 Å². The van der Waals surface area contributed by atoms with E-state index >= 15 is 0 Å². The summed E-state index contributed by atoms with van der Waals surface area (Å²) in [5.74, 6) is -2.01. The summed E-state index contributed by atoms with van der Waals surface area (Å²) < 4.78 is 31.5. The molecule has 8 heteroatoms. The summed E-state index contributed by atoms with van der Waals surface area (Å²) in [7, 11) is 1.25. The normalized spacial score (nSPS) is 10.4. The molecule has 4 nitrogen and oxygen atoms in total. The van der Waals surface area contributed by atoms with Crippen molar-refractivity contribution in [2.45, 2.75) is 6.92 Å². The molecule has 0 aliphatic heterocycles. The van der Waals surface area contributed by atoms with E-state index in [0.717, 1.165) is 6.07 Å². The lowest BCUT2D eigenvalue weighted by molar-refractivity contribution is 0.0594. The van der Waals surface area contributed by atoms with E-state index in [9.17, 15) is 13.6 Å². The van der Waals surface area contributed by atoms with E-state index in [0.29, 0.717) is 10.0 Å². The van der Waals surface area contributed by atoms with Crippen molar-refractivity contribution in [3.8, 4) is 0 Å². The Morgan fingerprint density at radius 3 is 2.75 bits per heavy atom. The molecule has 106 valence electrons. The monoisotopic (exact) mass is 362 g/mol. The number of nitrogens with one attached hydrogen (secondary N) is 1. The highest BCUT2D eigenvalue weighted by Gasteiger charge is 2.17. The number of aromatic nitrogens is 1. The number of ether oxygens (including phenoxy) is 1. The second-order valence-electron chi connectivity index (χ2n) is 3.79. The molecule has 0 bridgehead atoms. The number of hydrogen-bond acceptors (Lipinski definition) is 5. The average molecular weight is 363 g/mol. The predicted octanol–water partition coefficient (Wildman–Crippen LogP) is 4.02. The molecule has 1 heterocycles. The minimum atomic E-state index is -0.752. The van der Waals surface area contributed by atoms with Crippen molar-refractivity contribution >= 4 is 44.1 Å². The quantitative estimate of drug-likeness (QED) is 0.661. The van der Waals surface area contributed by atoms with Crippen LogP contribution < -0.4 is 5.32 Å². The molecule has 20 heavy (non-hydrogen) atoms. The number of anilines is 2. The van der Waals surface area contributed by atoms with Gasteiger partial charge in [0.05, 0.1) is 17.3 Å². The number of esters is 1. The minimum Gasteiger partial charge on any atom is -0.464 e. The number of carbonyl (C=O) groups excluding carboxylic acids is 1. The first-order valence-electron chi connectivity index (χ1n) is 5.39. The molecule has 0 spiro atoms. The van der Waals surface area contributed by atoms with Gasteiger partial charge in [-0.15, -0.1) is 11.3 Å². The van der Waals surface area contributed by atoms with Crippen molar-refractivity contribution in [3.63, 3.8) is 0 Å². The van der Waals surface area contributed by atoms with Gasteiger partial charge < -0.3 is 10.1 Å². The zero-order valence-corrected chi connectivity index (χ0v) is 12.9. The van der Waals surface area contributed by atoms with Crippen LogP contribution in [0.5, 0.6) is 0 Å². The summed E-state index contributed by atoms with van der Waals surface area (Å²) in [6.07, 6.45) is 0. The van der Waals surface area contributed by atoms with E-state index in [1.807, 2.05) is 0 Å². The van der Waals surface area contributed by atoms with Crippen molar-refractivity contribution in [1.82, 2.24) is 4.98 Å². The molecule has 0 saturated heterocycles. The summed E-state index contributed by atoms with van der Waals surface area (Å²) in [6.45, 7) is 1.70. The van der Waals surface area contributed by atoms with Crippen molar-refractivity contribution < 1.29 is 18.3 Å². The minimum absolute atomic E-state index is 0.0587. The largest absolute Gasteiger partial charge is 0.464 e. The number of nitrogens with zero attached hydrogens (tertiary/aromatic N) is 1. The summed E-state index contributed by atoms with van der Waals surface area (Å²) in [4.78, 5) is 16.1. The van der Waals surface area contributed by atoms with Gasteiger partial charge in [0.15, 0.2) is 10.8 Å². The highest BCUT2D eigenvalue weighted by atomic mass is 79.9. The van der Waals surface area contributed by atoms with E-state index in [2.05, 4.69) is 31.0 Å². The van der Waals surface area contributed by atoms with Crippen LogP contribution in [0.1, 0.15) is 15.4 Å². The Morgan fingerprint density at radius 2 is 2.10 bits per heavy atom. The van der Waals surface area contributed by atoms with Crippen LogP contribution in [0.2, 0.25) is 0 Å². The predicted molar refractivity (Wildman–Crippen MR) is 75.5 cm³/mol. The maximum atomic E-state index is 13.6. The number of halogens is 3. The molecule has 0 amide bonds. The molecule has 0 atom stereocenters.